The molecule has 0 saturated heterocycles. The zero-order chi connectivity index (χ0) is 88.4. The molecule has 1 spiro atoms. The first-order chi connectivity index (χ1) is 66.2. The number of rotatable bonds is 14. The van der Waals surface area contributed by atoms with E-state index in [1.165, 1.54) is 160 Å². The number of aromatic nitrogens is 2. The summed E-state index contributed by atoms with van der Waals surface area (Å²) in [5.74, 6) is 0. The molecular weight excluding hydrogens is 1620 g/mol. The largest absolute Gasteiger partial charge is 0.310 e. The molecule has 0 aliphatic heterocycles. The third-order valence-electron chi connectivity index (χ3n) is 29.5. The third kappa shape index (κ3) is 11.9. The molecule has 0 amide bonds. The van der Waals surface area contributed by atoms with Gasteiger partial charge < -0.3 is 18.9 Å². The molecule has 0 unspecified atom stereocenters. The van der Waals surface area contributed by atoms with Crippen LogP contribution in [-0.2, 0) is 10.8 Å². The molecule has 0 atom stereocenters. The molecule has 0 bridgehead atoms. The summed E-state index contributed by atoms with van der Waals surface area (Å²) >= 11 is 0. The SMILES string of the molecule is CC1(C)c2ccccc2-c2ccc(N(c3ccc(-c4cccc(-c5ccc6c(c5)c5ccccc5n6-c5ccc(-c6ccc(-c7ccc(-c8ccc9c(c8)c8ccccc8n9-c8cccc9ccccc89)cc7-c7cccc(N(c8ccc9c(c8)C8(c%10ccccc%10-c%10ccccc%108)c8ccccc8-9)c8cccc9ccccc89)c7)cc6)cc5)c4)cc3)c3ccc4ccccc4c3)cc21. The van der Waals surface area contributed by atoms with Crippen molar-refractivity contribution in [1.82, 2.24) is 9.13 Å². The standard InChI is InChI=1S/C130H86N4/c1-129(2)117-43-15-9-37-106(117)110-71-68-101(81-121(110)129)131(100-67-59-83-25-3-4-28-92(83)76-100)97-63-57-86(58-64-97)90-31-21-32-91(75-90)94-61-73-127-115(79-94)112-41-13-19-47-125(112)133(127)98-65-55-85(56-66-98)84-51-53-89(54-52-84)103-70-60-93(95-62-74-128-116(80-95)113-42-14-20-48-126(113)134(128)124-50-24-30-88-27-6-8-36-105(88)124)78-114(103)96-33-22-34-99(77-96)132(123-49-23-29-87-26-5-7-35-104(87)123)102-69-72-111-109-40-12-18-46-120(109)130(122(111)82-102)118-44-16-10-38-107(118)108-39-11-17-45-119(108)130/h3-82H,1-2H3. The van der Waals surface area contributed by atoms with Crippen LogP contribution in [0.4, 0.5) is 34.1 Å². The van der Waals surface area contributed by atoms with Gasteiger partial charge in [0.25, 0.3) is 0 Å². The Kier molecular flexibility index (Phi) is 17.3. The summed E-state index contributed by atoms with van der Waals surface area (Å²) in [6, 6.07) is 182. The van der Waals surface area contributed by atoms with Crippen LogP contribution in [0.1, 0.15) is 47.2 Å². The molecule has 0 saturated carbocycles. The van der Waals surface area contributed by atoms with Gasteiger partial charge in [0.2, 0.25) is 0 Å². The molecule has 2 aromatic heterocycles. The van der Waals surface area contributed by atoms with Crippen molar-refractivity contribution in [3.8, 4) is 112 Å². The van der Waals surface area contributed by atoms with Gasteiger partial charge in [-0.1, -0.05) is 366 Å². The second kappa shape index (κ2) is 30.2. The highest BCUT2D eigenvalue weighted by Gasteiger charge is 2.52. The van der Waals surface area contributed by atoms with E-state index in [0.29, 0.717) is 0 Å². The maximum Gasteiger partial charge on any atom is 0.0726 e. The van der Waals surface area contributed by atoms with E-state index in [0.717, 1.165) is 95.4 Å². The van der Waals surface area contributed by atoms with Gasteiger partial charge in [-0.3, -0.25) is 0 Å². The van der Waals surface area contributed by atoms with E-state index in [1.807, 2.05) is 0 Å². The Morgan fingerprint density at radius 1 is 0.179 bits per heavy atom. The van der Waals surface area contributed by atoms with E-state index in [9.17, 15) is 0 Å². The lowest BCUT2D eigenvalue weighted by atomic mass is 9.70. The summed E-state index contributed by atoms with van der Waals surface area (Å²) in [7, 11) is 0. The lowest BCUT2D eigenvalue weighted by Gasteiger charge is -2.32. The fourth-order valence-corrected chi connectivity index (χ4v) is 23.2. The quantitative estimate of drug-likeness (QED) is 0.108. The van der Waals surface area contributed by atoms with Crippen LogP contribution in [-0.4, -0.2) is 9.13 Å². The summed E-state index contributed by atoms with van der Waals surface area (Å²) in [5.41, 5.74) is 42.4. The molecule has 24 aromatic rings. The van der Waals surface area contributed by atoms with Crippen LogP contribution in [0, 0.1) is 0 Å². The van der Waals surface area contributed by atoms with Crippen LogP contribution in [0.25, 0.3) is 187 Å². The van der Waals surface area contributed by atoms with Crippen LogP contribution in [0.5, 0.6) is 0 Å². The van der Waals surface area contributed by atoms with Crippen LogP contribution < -0.4 is 9.80 Å². The molecule has 626 valence electrons. The van der Waals surface area contributed by atoms with Crippen molar-refractivity contribution < 1.29 is 0 Å². The topological polar surface area (TPSA) is 16.3 Å². The van der Waals surface area contributed by atoms with E-state index < -0.39 is 5.41 Å². The van der Waals surface area contributed by atoms with Gasteiger partial charge in [0, 0.05) is 71.9 Å². The van der Waals surface area contributed by atoms with E-state index in [4.69, 9.17) is 0 Å². The highest BCUT2D eigenvalue weighted by molar-refractivity contribution is 6.14. The summed E-state index contributed by atoms with van der Waals surface area (Å²) in [6.07, 6.45) is 0. The van der Waals surface area contributed by atoms with Crippen molar-refractivity contribution in [3.63, 3.8) is 0 Å². The molecule has 2 heterocycles. The van der Waals surface area contributed by atoms with Gasteiger partial charge in [0.05, 0.1) is 38.9 Å². The number of hydrogen-bond acceptors (Lipinski definition) is 2. The zero-order valence-corrected chi connectivity index (χ0v) is 74.0. The molecular formula is C130H86N4. The van der Waals surface area contributed by atoms with Gasteiger partial charge in [-0.2, -0.15) is 0 Å². The van der Waals surface area contributed by atoms with Gasteiger partial charge in [-0.05, 0) is 289 Å². The Balaban J connectivity index is 0.537. The summed E-state index contributed by atoms with van der Waals surface area (Å²) < 4.78 is 4.89. The molecule has 22 aromatic carbocycles. The first kappa shape index (κ1) is 76.8. The first-order valence-electron chi connectivity index (χ1n) is 46.7. The van der Waals surface area contributed by atoms with Crippen LogP contribution in [0.15, 0.2) is 485 Å². The number of nitrogens with zero attached hydrogens (tertiary/aromatic N) is 4. The Hall–Kier alpha value is -17.2. The number of benzene rings is 22. The van der Waals surface area contributed by atoms with Gasteiger partial charge in [-0.15, -0.1) is 0 Å². The Morgan fingerprint density at radius 2 is 0.575 bits per heavy atom. The molecule has 3 aliphatic rings. The van der Waals surface area contributed by atoms with Gasteiger partial charge in [0.15, 0.2) is 0 Å². The fraction of sp³-hybridized carbons (Fsp3) is 0.0308. The predicted octanol–water partition coefficient (Wildman–Crippen LogP) is 34.9. The van der Waals surface area contributed by atoms with Crippen molar-refractivity contribution in [2.45, 2.75) is 24.7 Å². The van der Waals surface area contributed by atoms with Gasteiger partial charge >= 0.3 is 0 Å². The second-order valence-electron chi connectivity index (χ2n) is 36.9. The normalized spacial score (nSPS) is 13.0. The predicted molar refractivity (Wildman–Crippen MR) is 563 cm³/mol. The maximum absolute atomic E-state index is 2.52. The summed E-state index contributed by atoms with van der Waals surface area (Å²) in [5, 5.41) is 12.1. The molecule has 27 rings (SSSR count). The van der Waals surface area contributed by atoms with Crippen LogP contribution in [0.3, 0.4) is 0 Å². The van der Waals surface area contributed by atoms with Crippen molar-refractivity contribution in [2.24, 2.45) is 0 Å². The summed E-state index contributed by atoms with van der Waals surface area (Å²) in [6.45, 7) is 4.73. The minimum Gasteiger partial charge on any atom is -0.310 e. The molecule has 0 N–H and O–H groups in total. The minimum atomic E-state index is -0.526. The Morgan fingerprint density at radius 3 is 1.25 bits per heavy atom. The fourth-order valence-electron chi connectivity index (χ4n) is 23.2. The highest BCUT2D eigenvalue weighted by atomic mass is 15.2. The second-order valence-corrected chi connectivity index (χ2v) is 36.9. The van der Waals surface area contributed by atoms with E-state index in [2.05, 4.69) is 518 Å². The molecule has 0 fully saturated rings. The highest BCUT2D eigenvalue weighted by Crippen LogP contribution is 2.64. The first-order valence-corrected chi connectivity index (χ1v) is 46.7. The number of para-hydroxylation sites is 2. The summed E-state index contributed by atoms with van der Waals surface area (Å²) in [4.78, 5) is 4.94. The van der Waals surface area contributed by atoms with Crippen molar-refractivity contribution in [2.75, 3.05) is 9.80 Å². The maximum atomic E-state index is 2.52. The van der Waals surface area contributed by atoms with Crippen LogP contribution >= 0.6 is 0 Å². The molecule has 4 heteroatoms. The van der Waals surface area contributed by atoms with Gasteiger partial charge in [0.1, 0.15) is 0 Å². The van der Waals surface area contributed by atoms with Crippen molar-refractivity contribution in [1.29, 1.82) is 0 Å². The number of fused-ring (bicyclic) bond motifs is 22. The Labute approximate surface area is 778 Å². The van der Waals surface area contributed by atoms with Crippen molar-refractivity contribution >= 4 is 110 Å². The minimum absolute atomic E-state index is 0.133. The van der Waals surface area contributed by atoms with E-state index >= 15 is 0 Å². The monoisotopic (exact) mass is 1700 g/mol. The van der Waals surface area contributed by atoms with E-state index in [1.54, 1.807) is 0 Å². The molecule has 134 heavy (non-hydrogen) atoms. The molecule has 0 radical (unpaired) electrons. The lowest BCUT2D eigenvalue weighted by molar-refractivity contribution is 0.660. The molecule has 3 aliphatic carbocycles. The smallest absolute Gasteiger partial charge is 0.0726 e. The van der Waals surface area contributed by atoms with Crippen molar-refractivity contribution in [3.05, 3.63) is 519 Å². The number of anilines is 6. The third-order valence-corrected chi connectivity index (χ3v) is 29.5. The average molecular weight is 1700 g/mol. The lowest BCUT2D eigenvalue weighted by Crippen LogP contribution is -2.26. The zero-order valence-electron chi connectivity index (χ0n) is 74.0. The molecule has 4 nitrogen and oxygen atoms in total. The van der Waals surface area contributed by atoms with Crippen LogP contribution in [0.2, 0.25) is 0 Å². The van der Waals surface area contributed by atoms with E-state index in [-0.39, 0.29) is 5.41 Å². The van der Waals surface area contributed by atoms with Gasteiger partial charge in [-0.25, -0.2) is 0 Å². The Bertz CT molecular complexity index is 8910. The average Bonchev–Trinajstić information content (AvgIpc) is 1.50. The number of hydrogen-bond donors (Lipinski definition) is 0.